The van der Waals surface area contributed by atoms with Gasteiger partial charge in [0.2, 0.25) is 17.7 Å². The van der Waals surface area contributed by atoms with Crippen LogP contribution in [0.4, 0.5) is 0 Å². The monoisotopic (exact) mass is 508 g/mol. The lowest BCUT2D eigenvalue weighted by Gasteiger charge is -2.29. The molecule has 12 nitrogen and oxygen atoms in total. The van der Waals surface area contributed by atoms with Crippen molar-refractivity contribution in [3.63, 3.8) is 0 Å². The van der Waals surface area contributed by atoms with Gasteiger partial charge in [0, 0.05) is 19.5 Å². The Balaban J connectivity index is 1.95. The molecule has 1 heterocycles. The number of likely N-dealkylation sites (tertiary alicyclic amines) is 1. The average molecular weight is 509 g/mol. The number of rotatable bonds is 14. The van der Waals surface area contributed by atoms with Crippen molar-refractivity contribution in [2.24, 2.45) is 22.4 Å². The zero-order valence-corrected chi connectivity index (χ0v) is 20.8. The van der Waals surface area contributed by atoms with Gasteiger partial charge in [-0.25, -0.2) is 0 Å². The third-order valence-electron chi connectivity index (χ3n) is 6.81. The first-order valence-electron chi connectivity index (χ1n) is 12.8. The van der Waals surface area contributed by atoms with Crippen molar-refractivity contribution >= 4 is 35.9 Å². The molecule has 12 heteroatoms. The third kappa shape index (κ3) is 9.82. The molecule has 2 aliphatic rings. The molecule has 0 aromatic heterocycles. The van der Waals surface area contributed by atoms with Gasteiger partial charge in [0.05, 0.1) is 12.5 Å². The van der Waals surface area contributed by atoms with Crippen LogP contribution in [0.3, 0.4) is 0 Å². The minimum absolute atomic E-state index is 0.0567. The highest BCUT2D eigenvalue weighted by molar-refractivity contribution is 5.95. The molecule has 0 bridgehead atoms. The summed E-state index contributed by atoms with van der Waals surface area (Å²) in [5.74, 6) is -2.24. The van der Waals surface area contributed by atoms with E-state index < -0.39 is 42.3 Å². The summed E-state index contributed by atoms with van der Waals surface area (Å²) in [7, 11) is 0. The third-order valence-corrected chi connectivity index (χ3v) is 6.81. The molecule has 3 amide bonds. The number of hydrogen-bond donors (Lipinski definition) is 5. The van der Waals surface area contributed by atoms with Crippen LogP contribution in [0.25, 0.3) is 0 Å². The van der Waals surface area contributed by atoms with E-state index in [1.165, 1.54) is 11.3 Å². The van der Waals surface area contributed by atoms with Gasteiger partial charge in [0.1, 0.15) is 18.4 Å². The second-order valence-corrected chi connectivity index (χ2v) is 9.65. The fourth-order valence-electron chi connectivity index (χ4n) is 4.93. The first kappa shape index (κ1) is 29.1. The highest BCUT2D eigenvalue weighted by Gasteiger charge is 2.38. The molecule has 0 radical (unpaired) electrons. The predicted molar refractivity (Wildman–Crippen MR) is 133 cm³/mol. The van der Waals surface area contributed by atoms with E-state index in [0.29, 0.717) is 50.9 Å². The molecule has 0 aromatic rings. The Hall–Kier alpha value is -3.18. The van der Waals surface area contributed by atoms with Gasteiger partial charge in [-0.1, -0.05) is 32.1 Å². The van der Waals surface area contributed by atoms with Crippen LogP contribution in [0.2, 0.25) is 0 Å². The van der Waals surface area contributed by atoms with Crippen LogP contribution >= 0.6 is 0 Å². The highest BCUT2D eigenvalue weighted by atomic mass is 16.4. The standard InChI is InChI=1S/C24H40N6O6/c25-24(26)27-12-4-8-17(15-31)28-22(35)19-9-5-13-30(19)23(36)18(14-21(33)34)29-20(32)11-10-16-6-2-1-3-7-16/h15-19H,1-14H2,(H,28,35)(H,29,32)(H,33,34)(H4,25,26,27)/t17-,18-,19-/m0/s1. The Kier molecular flexibility index (Phi) is 12.1. The van der Waals surface area contributed by atoms with Crippen LogP contribution in [0, 0.1) is 5.92 Å². The lowest BCUT2D eigenvalue weighted by molar-refractivity contribution is -0.146. The summed E-state index contributed by atoms with van der Waals surface area (Å²) in [6.45, 7) is 0.578. The maximum atomic E-state index is 13.2. The first-order chi connectivity index (χ1) is 17.2. The zero-order chi connectivity index (χ0) is 26.5. The van der Waals surface area contributed by atoms with Gasteiger partial charge in [-0.15, -0.1) is 0 Å². The van der Waals surface area contributed by atoms with Crippen LogP contribution in [0.5, 0.6) is 0 Å². The van der Waals surface area contributed by atoms with Crippen molar-refractivity contribution in [3.05, 3.63) is 0 Å². The summed E-state index contributed by atoms with van der Waals surface area (Å²) >= 11 is 0. The molecule has 202 valence electrons. The second kappa shape index (κ2) is 15.0. The smallest absolute Gasteiger partial charge is 0.305 e. The summed E-state index contributed by atoms with van der Waals surface area (Å²) in [4.78, 5) is 66.7. The van der Waals surface area contributed by atoms with E-state index in [2.05, 4.69) is 15.6 Å². The van der Waals surface area contributed by atoms with Crippen molar-refractivity contribution in [2.75, 3.05) is 13.1 Å². The van der Waals surface area contributed by atoms with Crippen molar-refractivity contribution in [1.29, 1.82) is 0 Å². The Bertz CT molecular complexity index is 809. The van der Waals surface area contributed by atoms with Gasteiger partial charge in [0.15, 0.2) is 5.96 Å². The molecule has 7 N–H and O–H groups in total. The molecule has 1 saturated heterocycles. The number of hydrogen-bond acceptors (Lipinski definition) is 6. The van der Waals surface area contributed by atoms with E-state index in [1.54, 1.807) is 0 Å². The van der Waals surface area contributed by atoms with Crippen LogP contribution in [-0.2, 0) is 24.0 Å². The maximum Gasteiger partial charge on any atom is 0.305 e. The number of carbonyl (C=O) groups is 5. The topological polar surface area (TPSA) is 197 Å². The zero-order valence-electron chi connectivity index (χ0n) is 20.8. The van der Waals surface area contributed by atoms with Gasteiger partial charge < -0.3 is 36.9 Å². The summed E-state index contributed by atoms with van der Waals surface area (Å²) in [5, 5.41) is 14.6. The number of carboxylic acids is 1. The van der Waals surface area contributed by atoms with Gasteiger partial charge in [-0.05, 0) is 38.0 Å². The number of carboxylic acid groups (broad SMARTS) is 1. The van der Waals surface area contributed by atoms with Crippen LogP contribution < -0.4 is 22.1 Å². The number of aldehydes is 1. The SMILES string of the molecule is NC(N)=NCCC[C@@H](C=O)NC(=O)[C@@H]1CCCN1C(=O)[C@H](CC(=O)O)NC(=O)CCC1CCCCC1. The number of aliphatic carboxylic acids is 1. The Labute approximate surface area is 211 Å². The Morgan fingerprint density at radius 3 is 2.42 bits per heavy atom. The summed E-state index contributed by atoms with van der Waals surface area (Å²) in [6.07, 6.45) is 8.44. The fourth-order valence-corrected chi connectivity index (χ4v) is 4.93. The number of amides is 3. The van der Waals surface area contributed by atoms with E-state index in [4.69, 9.17) is 11.5 Å². The van der Waals surface area contributed by atoms with Crippen LogP contribution in [0.15, 0.2) is 4.99 Å². The number of nitrogens with two attached hydrogens (primary N) is 2. The van der Waals surface area contributed by atoms with E-state index in [1.807, 2.05) is 0 Å². The molecule has 2 fully saturated rings. The van der Waals surface area contributed by atoms with Gasteiger partial charge in [-0.2, -0.15) is 0 Å². The number of guanidine groups is 1. The molecule has 0 aromatic carbocycles. The quantitative estimate of drug-likeness (QED) is 0.0937. The largest absolute Gasteiger partial charge is 0.481 e. The normalized spacial score (nSPS) is 19.7. The molecule has 1 aliphatic heterocycles. The van der Waals surface area contributed by atoms with E-state index in [0.717, 1.165) is 25.7 Å². The second-order valence-electron chi connectivity index (χ2n) is 9.65. The average Bonchev–Trinajstić information content (AvgIpc) is 3.34. The number of aliphatic imine (C=N–C) groups is 1. The van der Waals surface area contributed by atoms with E-state index >= 15 is 0 Å². The Morgan fingerprint density at radius 1 is 1.06 bits per heavy atom. The lowest BCUT2D eigenvalue weighted by Crippen LogP contribution is -2.55. The van der Waals surface area contributed by atoms with Gasteiger partial charge in [0.25, 0.3) is 0 Å². The minimum atomic E-state index is -1.25. The highest BCUT2D eigenvalue weighted by Crippen LogP contribution is 2.27. The van der Waals surface area contributed by atoms with Crippen molar-refractivity contribution in [3.8, 4) is 0 Å². The summed E-state index contributed by atoms with van der Waals surface area (Å²) in [5.41, 5.74) is 10.5. The molecule has 3 atom stereocenters. The molecule has 1 aliphatic carbocycles. The van der Waals surface area contributed by atoms with Gasteiger partial charge >= 0.3 is 5.97 Å². The first-order valence-corrected chi connectivity index (χ1v) is 12.8. The molecular weight excluding hydrogens is 468 g/mol. The lowest BCUT2D eigenvalue weighted by atomic mass is 9.86. The fraction of sp³-hybridized carbons (Fsp3) is 0.750. The molecule has 0 unspecified atom stereocenters. The van der Waals surface area contributed by atoms with Crippen molar-refractivity contribution in [2.45, 2.75) is 95.2 Å². The summed E-state index contributed by atoms with van der Waals surface area (Å²) < 4.78 is 0. The van der Waals surface area contributed by atoms with Crippen molar-refractivity contribution in [1.82, 2.24) is 15.5 Å². The molecule has 2 rings (SSSR count). The maximum absolute atomic E-state index is 13.2. The van der Waals surface area contributed by atoms with E-state index in [9.17, 15) is 29.1 Å². The number of nitrogens with one attached hydrogen (secondary N) is 2. The van der Waals surface area contributed by atoms with Gasteiger partial charge in [-0.3, -0.25) is 24.2 Å². The summed E-state index contributed by atoms with van der Waals surface area (Å²) in [6, 6.07) is -2.86. The minimum Gasteiger partial charge on any atom is -0.481 e. The van der Waals surface area contributed by atoms with Crippen LogP contribution in [0.1, 0.15) is 77.0 Å². The van der Waals surface area contributed by atoms with E-state index in [-0.39, 0.29) is 24.8 Å². The number of nitrogens with zero attached hydrogens (tertiary/aromatic N) is 2. The van der Waals surface area contributed by atoms with Crippen molar-refractivity contribution < 1.29 is 29.1 Å². The molecular formula is C24H40N6O6. The molecule has 36 heavy (non-hydrogen) atoms. The number of carbonyl (C=O) groups excluding carboxylic acids is 4. The van der Waals surface area contributed by atoms with Crippen LogP contribution in [-0.4, -0.2) is 77.2 Å². The molecule has 1 saturated carbocycles. The predicted octanol–water partition coefficient (Wildman–Crippen LogP) is 0.0347. The molecule has 0 spiro atoms. The Morgan fingerprint density at radius 2 is 1.78 bits per heavy atom.